The van der Waals surface area contributed by atoms with Crippen LogP contribution in [-0.4, -0.2) is 25.1 Å². The van der Waals surface area contributed by atoms with Crippen molar-refractivity contribution in [1.29, 1.82) is 0 Å². The molecule has 1 atom stereocenters. The van der Waals surface area contributed by atoms with Crippen LogP contribution in [0.2, 0.25) is 0 Å². The molecule has 0 fully saturated rings. The number of hydrogen-bond acceptors (Lipinski definition) is 4. The fraction of sp³-hybridized carbons (Fsp3) is 0.571. The number of likely N-dealkylation sites (N-methyl/N-ethyl adjacent to an activating group) is 1. The molecule has 0 saturated heterocycles. The average molecular weight is 266 g/mol. The second-order valence-electron chi connectivity index (χ2n) is 5.07. The van der Waals surface area contributed by atoms with Crippen molar-refractivity contribution >= 4 is 5.69 Å². The van der Waals surface area contributed by atoms with Crippen LogP contribution in [0.5, 0.6) is 5.75 Å². The van der Waals surface area contributed by atoms with Crippen molar-refractivity contribution in [2.24, 2.45) is 5.92 Å². The van der Waals surface area contributed by atoms with Crippen LogP contribution in [0.4, 0.5) is 5.69 Å². The molecule has 1 N–H and O–H groups in total. The van der Waals surface area contributed by atoms with Crippen LogP contribution < -0.4 is 10.1 Å². The van der Waals surface area contributed by atoms with Gasteiger partial charge in [0.2, 0.25) is 0 Å². The molecule has 0 saturated carbocycles. The molecular formula is C14H22N2O3. The first-order valence-electron chi connectivity index (χ1n) is 6.46. The third-order valence-electron chi connectivity index (χ3n) is 3.11. The van der Waals surface area contributed by atoms with Gasteiger partial charge in [-0.25, -0.2) is 0 Å². The maximum atomic E-state index is 11.1. The van der Waals surface area contributed by atoms with Crippen molar-refractivity contribution in [2.75, 3.05) is 14.2 Å². The number of nitro groups is 1. The number of methoxy groups -OCH3 is 1. The molecule has 5 heteroatoms. The minimum Gasteiger partial charge on any atom is -0.497 e. The first kappa shape index (κ1) is 15.4. The molecule has 0 aliphatic heterocycles. The Balaban J connectivity index is 2.98. The monoisotopic (exact) mass is 266 g/mol. The lowest BCUT2D eigenvalue weighted by molar-refractivity contribution is -0.385. The van der Waals surface area contributed by atoms with Gasteiger partial charge in [0.15, 0.2) is 0 Å². The molecule has 0 heterocycles. The third-order valence-corrected chi connectivity index (χ3v) is 3.11. The highest BCUT2D eigenvalue weighted by atomic mass is 16.6. The molecule has 0 radical (unpaired) electrons. The van der Waals surface area contributed by atoms with Gasteiger partial charge in [-0.05, 0) is 37.9 Å². The van der Waals surface area contributed by atoms with E-state index in [2.05, 4.69) is 19.2 Å². The van der Waals surface area contributed by atoms with Gasteiger partial charge in [0.05, 0.1) is 12.0 Å². The number of hydrogen-bond donors (Lipinski definition) is 1. The molecular weight excluding hydrogens is 244 g/mol. The Bertz CT molecular complexity index is 433. The Morgan fingerprint density at radius 3 is 2.58 bits per heavy atom. The summed E-state index contributed by atoms with van der Waals surface area (Å²) in [7, 11) is 3.45. The zero-order chi connectivity index (χ0) is 14.4. The summed E-state index contributed by atoms with van der Waals surface area (Å²) in [5.74, 6) is 1.20. The van der Waals surface area contributed by atoms with Crippen molar-refractivity contribution in [2.45, 2.75) is 32.7 Å². The SMILES string of the molecule is CNC(Cc1cc(OC)ccc1[N+](=O)[O-])CC(C)C. The molecule has 106 valence electrons. The van der Waals surface area contributed by atoms with Gasteiger partial charge in [-0.1, -0.05) is 13.8 Å². The Morgan fingerprint density at radius 2 is 2.11 bits per heavy atom. The summed E-state index contributed by atoms with van der Waals surface area (Å²) >= 11 is 0. The number of ether oxygens (including phenoxy) is 1. The number of nitro benzene ring substituents is 1. The van der Waals surface area contributed by atoms with Gasteiger partial charge in [0.1, 0.15) is 5.75 Å². The van der Waals surface area contributed by atoms with Gasteiger partial charge in [-0.2, -0.15) is 0 Å². The zero-order valence-electron chi connectivity index (χ0n) is 12.0. The second-order valence-corrected chi connectivity index (χ2v) is 5.07. The topological polar surface area (TPSA) is 64.4 Å². The smallest absolute Gasteiger partial charge is 0.272 e. The standard InChI is InChI=1S/C14H22N2O3/c1-10(2)7-12(15-3)8-11-9-13(19-4)5-6-14(11)16(17)18/h5-6,9-10,12,15H,7-8H2,1-4H3. The summed E-state index contributed by atoms with van der Waals surface area (Å²) in [5, 5.41) is 14.3. The van der Waals surface area contributed by atoms with E-state index in [1.165, 1.54) is 6.07 Å². The van der Waals surface area contributed by atoms with Crippen LogP contribution in [0, 0.1) is 16.0 Å². The molecule has 0 aliphatic rings. The van der Waals surface area contributed by atoms with Crippen molar-refractivity contribution < 1.29 is 9.66 Å². The quantitative estimate of drug-likeness (QED) is 0.609. The fourth-order valence-corrected chi connectivity index (χ4v) is 2.17. The molecule has 0 spiro atoms. The largest absolute Gasteiger partial charge is 0.497 e. The molecule has 1 aromatic rings. The molecule has 0 aliphatic carbocycles. The highest BCUT2D eigenvalue weighted by molar-refractivity contribution is 5.45. The maximum Gasteiger partial charge on any atom is 0.272 e. The van der Waals surface area contributed by atoms with Crippen LogP contribution in [-0.2, 0) is 6.42 Å². The zero-order valence-corrected chi connectivity index (χ0v) is 12.0. The molecule has 1 unspecified atom stereocenters. The van der Waals surface area contributed by atoms with E-state index in [0.29, 0.717) is 23.7 Å². The van der Waals surface area contributed by atoms with Crippen LogP contribution in [0.1, 0.15) is 25.8 Å². The highest BCUT2D eigenvalue weighted by Crippen LogP contribution is 2.26. The van der Waals surface area contributed by atoms with E-state index in [1.54, 1.807) is 19.2 Å². The normalized spacial score (nSPS) is 12.5. The van der Waals surface area contributed by atoms with Crippen LogP contribution in [0.3, 0.4) is 0 Å². The summed E-state index contributed by atoms with van der Waals surface area (Å²) in [5.41, 5.74) is 0.870. The van der Waals surface area contributed by atoms with Crippen molar-refractivity contribution in [3.63, 3.8) is 0 Å². The van der Waals surface area contributed by atoms with Gasteiger partial charge in [0.25, 0.3) is 5.69 Å². The van der Waals surface area contributed by atoms with Crippen molar-refractivity contribution in [3.05, 3.63) is 33.9 Å². The predicted octanol–water partition coefficient (Wildman–Crippen LogP) is 2.78. The lowest BCUT2D eigenvalue weighted by Crippen LogP contribution is -2.29. The first-order chi connectivity index (χ1) is 8.97. The van der Waals surface area contributed by atoms with E-state index < -0.39 is 0 Å². The predicted molar refractivity (Wildman–Crippen MR) is 75.7 cm³/mol. The summed E-state index contributed by atoms with van der Waals surface area (Å²) in [6, 6.07) is 5.11. The molecule has 5 nitrogen and oxygen atoms in total. The van der Waals surface area contributed by atoms with Gasteiger partial charge < -0.3 is 10.1 Å². The average Bonchev–Trinajstić information content (AvgIpc) is 2.36. The molecule has 0 bridgehead atoms. The molecule has 0 amide bonds. The van der Waals surface area contributed by atoms with Gasteiger partial charge in [-0.3, -0.25) is 10.1 Å². The van der Waals surface area contributed by atoms with E-state index in [1.807, 2.05) is 7.05 Å². The maximum absolute atomic E-state index is 11.1. The Hall–Kier alpha value is -1.62. The summed E-state index contributed by atoms with van der Waals surface area (Å²) in [6.07, 6.45) is 1.60. The third kappa shape index (κ3) is 4.52. The fourth-order valence-electron chi connectivity index (χ4n) is 2.17. The van der Waals surface area contributed by atoms with E-state index in [0.717, 1.165) is 6.42 Å². The summed E-state index contributed by atoms with van der Waals surface area (Å²) in [6.45, 7) is 4.29. The van der Waals surface area contributed by atoms with E-state index in [-0.39, 0.29) is 16.7 Å². The molecule has 1 aromatic carbocycles. The number of nitrogens with one attached hydrogen (secondary N) is 1. The number of nitrogens with zero attached hydrogens (tertiary/aromatic N) is 1. The van der Waals surface area contributed by atoms with E-state index >= 15 is 0 Å². The lowest BCUT2D eigenvalue weighted by Gasteiger charge is -2.18. The number of benzene rings is 1. The van der Waals surface area contributed by atoms with Gasteiger partial charge >= 0.3 is 0 Å². The molecule has 0 aromatic heterocycles. The molecule has 1 rings (SSSR count). The summed E-state index contributed by atoms with van der Waals surface area (Å²) < 4.78 is 5.14. The Labute approximate surface area is 114 Å². The highest BCUT2D eigenvalue weighted by Gasteiger charge is 2.18. The van der Waals surface area contributed by atoms with Crippen LogP contribution in [0.25, 0.3) is 0 Å². The first-order valence-corrected chi connectivity index (χ1v) is 6.46. The van der Waals surface area contributed by atoms with Gasteiger partial charge in [-0.15, -0.1) is 0 Å². The summed E-state index contributed by atoms with van der Waals surface area (Å²) in [4.78, 5) is 10.7. The number of rotatable bonds is 7. The minimum atomic E-state index is -0.336. The van der Waals surface area contributed by atoms with Crippen LogP contribution in [0.15, 0.2) is 18.2 Å². The minimum absolute atomic E-state index is 0.157. The second kappa shape index (κ2) is 7.09. The van der Waals surface area contributed by atoms with Crippen molar-refractivity contribution in [1.82, 2.24) is 5.32 Å². The Kier molecular flexibility index (Phi) is 5.76. The van der Waals surface area contributed by atoms with Crippen LogP contribution >= 0.6 is 0 Å². The van der Waals surface area contributed by atoms with E-state index in [9.17, 15) is 10.1 Å². The molecule has 19 heavy (non-hydrogen) atoms. The lowest BCUT2D eigenvalue weighted by atomic mass is 9.96. The van der Waals surface area contributed by atoms with Crippen molar-refractivity contribution in [3.8, 4) is 5.75 Å². The van der Waals surface area contributed by atoms with E-state index in [4.69, 9.17) is 4.74 Å². The van der Waals surface area contributed by atoms with Gasteiger partial charge in [0, 0.05) is 17.7 Å². The Morgan fingerprint density at radius 1 is 1.42 bits per heavy atom.